The Balaban J connectivity index is 2.55. The largest absolute Gasteiger partial charge is 0.444 e. The first-order valence-electron chi connectivity index (χ1n) is 10.2. The summed E-state index contributed by atoms with van der Waals surface area (Å²) in [6.07, 6.45) is 2.44. The van der Waals surface area contributed by atoms with E-state index in [4.69, 9.17) is 4.74 Å². The van der Waals surface area contributed by atoms with Gasteiger partial charge in [0.15, 0.2) is 5.96 Å². The van der Waals surface area contributed by atoms with Crippen molar-refractivity contribution in [3.63, 3.8) is 0 Å². The SMILES string of the molecule is CCNC(=NCC(C)(C)NC(=O)OC(C)(C)C)NCC1CCN(S(C)(=O)=O)CC1. The maximum absolute atomic E-state index is 12.0. The molecule has 1 aliphatic rings. The molecule has 0 aromatic carbocycles. The molecule has 3 N–H and O–H groups in total. The first-order chi connectivity index (χ1) is 13.2. The molecule has 0 spiro atoms. The summed E-state index contributed by atoms with van der Waals surface area (Å²) in [5.74, 6) is 1.07. The van der Waals surface area contributed by atoms with Crippen LogP contribution in [0.2, 0.25) is 0 Å². The van der Waals surface area contributed by atoms with Crippen molar-refractivity contribution in [3.05, 3.63) is 0 Å². The summed E-state index contributed by atoms with van der Waals surface area (Å²) in [6.45, 7) is 14.2. The summed E-state index contributed by atoms with van der Waals surface area (Å²) in [4.78, 5) is 16.6. The normalized spacial score (nSPS) is 17.7. The number of nitrogens with one attached hydrogen (secondary N) is 3. The van der Waals surface area contributed by atoms with Crippen LogP contribution >= 0.6 is 0 Å². The van der Waals surface area contributed by atoms with Gasteiger partial charge < -0.3 is 20.7 Å². The predicted octanol–water partition coefficient (Wildman–Crippen LogP) is 1.52. The number of ether oxygens (including phenoxy) is 1. The lowest BCUT2D eigenvalue weighted by Gasteiger charge is -2.30. The molecule has 10 heteroatoms. The topological polar surface area (TPSA) is 112 Å². The smallest absolute Gasteiger partial charge is 0.408 e. The summed E-state index contributed by atoms with van der Waals surface area (Å²) in [5, 5.41) is 9.39. The van der Waals surface area contributed by atoms with Crippen LogP contribution in [0.3, 0.4) is 0 Å². The molecule has 0 radical (unpaired) electrons. The number of aliphatic imine (C=N–C) groups is 1. The maximum Gasteiger partial charge on any atom is 0.408 e. The Morgan fingerprint density at radius 1 is 1.14 bits per heavy atom. The van der Waals surface area contributed by atoms with E-state index in [1.165, 1.54) is 10.6 Å². The van der Waals surface area contributed by atoms with Crippen molar-refractivity contribution in [1.82, 2.24) is 20.3 Å². The maximum atomic E-state index is 12.0. The lowest BCUT2D eigenvalue weighted by atomic mass is 9.98. The lowest BCUT2D eigenvalue weighted by molar-refractivity contribution is 0.0476. The molecule has 0 bridgehead atoms. The van der Waals surface area contributed by atoms with E-state index in [0.29, 0.717) is 31.5 Å². The molecule has 1 amide bonds. The number of hydrogen-bond acceptors (Lipinski definition) is 5. The number of carbonyl (C=O) groups is 1. The quantitative estimate of drug-likeness (QED) is 0.414. The van der Waals surface area contributed by atoms with Crippen molar-refractivity contribution in [2.75, 3.05) is 39.0 Å². The molecule has 0 atom stereocenters. The molecule has 0 saturated carbocycles. The van der Waals surface area contributed by atoms with Gasteiger partial charge in [-0.15, -0.1) is 0 Å². The predicted molar refractivity (Wildman–Crippen MR) is 117 cm³/mol. The fraction of sp³-hybridized carbons (Fsp3) is 0.895. The average Bonchev–Trinajstić information content (AvgIpc) is 2.54. The fourth-order valence-corrected chi connectivity index (χ4v) is 3.80. The summed E-state index contributed by atoms with van der Waals surface area (Å²) < 4.78 is 30.1. The molecule has 1 saturated heterocycles. The third-order valence-electron chi connectivity index (χ3n) is 4.42. The molecule has 1 heterocycles. The highest BCUT2D eigenvalue weighted by molar-refractivity contribution is 7.88. The van der Waals surface area contributed by atoms with Gasteiger partial charge in [0.05, 0.1) is 18.3 Å². The highest BCUT2D eigenvalue weighted by Crippen LogP contribution is 2.18. The molecular formula is C19H39N5O4S. The number of guanidine groups is 1. The summed E-state index contributed by atoms with van der Waals surface area (Å²) >= 11 is 0. The third kappa shape index (κ3) is 10.7. The molecule has 0 aromatic heterocycles. The van der Waals surface area contributed by atoms with Gasteiger partial charge in [0.2, 0.25) is 10.0 Å². The van der Waals surface area contributed by atoms with Crippen molar-refractivity contribution in [3.8, 4) is 0 Å². The van der Waals surface area contributed by atoms with Gasteiger partial charge in [0.25, 0.3) is 0 Å². The van der Waals surface area contributed by atoms with E-state index in [0.717, 1.165) is 25.9 Å². The number of carbonyl (C=O) groups excluding carboxylic acids is 1. The van der Waals surface area contributed by atoms with Crippen LogP contribution in [0, 0.1) is 5.92 Å². The molecule has 29 heavy (non-hydrogen) atoms. The van der Waals surface area contributed by atoms with Crippen molar-refractivity contribution in [2.24, 2.45) is 10.9 Å². The van der Waals surface area contributed by atoms with Crippen LogP contribution in [0.1, 0.15) is 54.4 Å². The van der Waals surface area contributed by atoms with Crippen molar-refractivity contribution in [1.29, 1.82) is 0 Å². The Kier molecular flexibility index (Phi) is 9.20. The van der Waals surface area contributed by atoms with Crippen LogP contribution < -0.4 is 16.0 Å². The Labute approximate surface area is 176 Å². The number of amides is 1. The monoisotopic (exact) mass is 433 g/mol. The third-order valence-corrected chi connectivity index (χ3v) is 5.72. The Morgan fingerprint density at radius 2 is 1.72 bits per heavy atom. The van der Waals surface area contributed by atoms with E-state index in [2.05, 4.69) is 20.9 Å². The molecule has 1 rings (SSSR count). The van der Waals surface area contributed by atoms with Gasteiger partial charge in [-0.3, -0.25) is 4.99 Å². The molecule has 1 aliphatic heterocycles. The average molecular weight is 434 g/mol. The van der Waals surface area contributed by atoms with Crippen LogP contribution in [-0.4, -0.2) is 74.9 Å². The van der Waals surface area contributed by atoms with E-state index in [-0.39, 0.29) is 0 Å². The second-order valence-electron chi connectivity index (χ2n) is 9.19. The van der Waals surface area contributed by atoms with Gasteiger partial charge in [-0.05, 0) is 60.3 Å². The molecule has 9 nitrogen and oxygen atoms in total. The van der Waals surface area contributed by atoms with E-state index < -0.39 is 27.3 Å². The number of hydrogen-bond donors (Lipinski definition) is 3. The second kappa shape index (κ2) is 10.5. The highest BCUT2D eigenvalue weighted by Gasteiger charge is 2.26. The van der Waals surface area contributed by atoms with Gasteiger partial charge in [-0.2, -0.15) is 0 Å². The zero-order chi connectivity index (χ0) is 22.3. The van der Waals surface area contributed by atoms with Gasteiger partial charge >= 0.3 is 6.09 Å². The molecule has 1 fully saturated rings. The summed E-state index contributed by atoms with van der Waals surface area (Å²) in [5.41, 5.74) is -1.11. The minimum atomic E-state index is -3.10. The number of sulfonamides is 1. The summed E-state index contributed by atoms with van der Waals surface area (Å²) in [7, 11) is -3.10. The van der Waals surface area contributed by atoms with Crippen LogP contribution in [0.15, 0.2) is 4.99 Å². The first-order valence-corrected chi connectivity index (χ1v) is 12.0. The van der Waals surface area contributed by atoms with Crippen molar-refractivity contribution < 1.29 is 17.9 Å². The number of nitrogens with zero attached hydrogens (tertiary/aromatic N) is 2. The molecule has 0 aromatic rings. The van der Waals surface area contributed by atoms with Gasteiger partial charge in [-0.25, -0.2) is 17.5 Å². The second-order valence-corrected chi connectivity index (χ2v) is 11.2. The number of piperidine rings is 1. The molecule has 0 aliphatic carbocycles. The fourth-order valence-electron chi connectivity index (χ4n) is 2.92. The Morgan fingerprint density at radius 3 is 2.21 bits per heavy atom. The minimum Gasteiger partial charge on any atom is -0.444 e. The molecule has 170 valence electrons. The zero-order valence-electron chi connectivity index (χ0n) is 19.0. The number of rotatable bonds is 7. The van der Waals surface area contributed by atoms with Crippen LogP contribution in [-0.2, 0) is 14.8 Å². The molecular weight excluding hydrogens is 394 g/mol. The van der Waals surface area contributed by atoms with Crippen molar-refractivity contribution in [2.45, 2.75) is 65.5 Å². The van der Waals surface area contributed by atoms with Crippen LogP contribution in [0.5, 0.6) is 0 Å². The van der Waals surface area contributed by atoms with Gasteiger partial charge in [0, 0.05) is 26.2 Å². The highest BCUT2D eigenvalue weighted by atomic mass is 32.2. The Hall–Kier alpha value is -1.55. The van der Waals surface area contributed by atoms with Crippen LogP contribution in [0.25, 0.3) is 0 Å². The van der Waals surface area contributed by atoms with E-state index in [1.54, 1.807) is 0 Å². The molecule has 0 unspecified atom stereocenters. The number of alkyl carbamates (subject to hydrolysis) is 1. The zero-order valence-corrected chi connectivity index (χ0v) is 19.8. The summed E-state index contributed by atoms with van der Waals surface area (Å²) in [6, 6.07) is 0. The van der Waals surface area contributed by atoms with E-state index in [1.807, 2.05) is 41.5 Å². The lowest BCUT2D eigenvalue weighted by Crippen LogP contribution is -2.49. The minimum absolute atomic E-state index is 0.383. The van der Waals surface area contributed by atoms with E-state index in [9.17, 15) is 13.2 Å². The first kappa shape index (κ1) is 25.5. The Bertz CT molecular complexity index is 663. The van der Waals surface area contributed by atoms with Crippen LogP contribution in [0.4, 0.5) is 4.79 Å². The van der Waals surface area contributed by atoms with E-state index >= 15 is 0 Å². The van der Waals surface area contributed by atoms with Gasteiger partial charge in [-0.1, -0.05) is 0 Å². The van der Waals surface area contributed by atoms with Gasteiger partial charge in [0.1, 0.15) is 5.60 Å². The van der Waals surface area contributed by atoms with Crippen molar-refractivity contribution >= 4 is 22.1 Å². The standard InChI is InChI=1S/C19H39N5O4S/c1-8-20-16(21-13-15-9-11-24(12-10-15)29(7,26)27)22-14-19(5,6)23-17(25)28-18(2,3)4/h15H,8-14H2,1-7H3,(H,23,25)(H2,20,21,22).